The van der Waals surface area contributed by atoms with Crippen LogP contribution in [0, 0.1) is 5.41 Å². The van der Waals surface area contributed by atoms with Crippen molar-refractivity contribution >= 4 is 0 Å². The second kappa shape index (κ2) is 1.56. The number of rotatable bonds is 1. The summed E-state index contributed by atoms with van der Waals surface area (Å²) in [6, 6.07) is 0. The van der Waals surface area contributed by atoms with E-state index in [2.05, 4.69) is 13.8 Å². The lowest BCUT2D eigenvalue weighted by Gasteiger charge is -2.41. The number of hydrogen-bond donors (Lipinski definition) is 1. The van der Waals surface area contributed by atoms with Crippen molar-refractivity contribution in [1.82, 2.24) is 0 Å². The van der Waals surface area contributed by atoms with Gasteiger partial charge in [0.1, 0.15) is 0 Å². The highest BCUT2D eigenvalue weighted by molar-refractivity contribution is 5.12. The van der Waals surface area contributed by atoms with E-state index in [0.29, 0.717) is 6.61 Å². The molecule has 10 heavy (non-hydrogen) atoms. The van der Waals surface area contributed by atoms with Crippen molar-refractivity contribution in [2.75, 3.05) is 6.61 Å². The third-order valence-corrected chi connectivity index (χ3v) is 3.09. The minimum Gasteiger partial charge on any atom is -0.396 e. The fraction of sp³-hybridized carbons (Fsp3) is 1.00. The van der Waals surface area contributed by atoms with Crippen molar-refractivity contribution in [1.29, 1.82) is 0 Å². The molecule has 2 saturated heterocycles. The lowest BCUT2D eigenvalue weighted by molar-refractivity contribution is -0.0164. The summed E-state index contributed by atoms with van der Waals surface area (Å²) in [6.07, 6.45) is 2.37. The standard InChI is InChI=1S/C8H14O2/c1-6-8(5-9)3-7(2,4-8)10-6/h6,9H,3-5H2,1-2H3. The van der Waals surface area contributed by atoms with Crippen LogP contribution in [0.4, 0.5) is 0 Å². The van der Waals surface area contributed by atoms with Gasteiger partial charge in [0.2, 0.25) is 0 Å². The van der Waals surface area contributed by atoms with Gasteiger partial charge in [0.25, 0.3) is 0 Å². The smallest absolute Gasteiger partial charge is 0.0672 e. The van der Waals surface area contributed by atoms with Crippen LogP contribution < -0.4 is 0 Å². The maximum absolute atomic E-state index is 9.07. The first-order valence-electron chi connectivity index (χ1n) is 3.89. The summed E-state index contributed by atoms with van der Waals surface area (Å²) in [5.41, 5.74) is 0.247. The van der Waals surface area contributed by atoms with E-state index >= 15 is 0 Å². The predicted octanol–water partition coefficient (Wildman–Crippen LogP) is 0.936. The summed E-state index contributed by atoms with van der Waals surface area (Å²) >= 11 is 0. The number of hydrogen-bond acceptors (Lipinski definition) is 2. The molecule has 2 heteroatoms. The summed E-state index contributed by atoms with van der Waals surface area (Å²) in [6.45, 7) is 4.49. The van der Waals surface area contributed by atoms with Gasteiger partial charge < -0.3 is 9.84 Å². The molecule has 2 aliphatic heterocycles. The highest BCUT2D eigenvalue weighted by Crippen LogP contribution is 2.60. The largest absolute Gasteiger partial charge is 0.396 e. The molecule has 2 nitrogen and oxygen atoms in total. The molecule has 2 bridgehead atoms. The highest BCUT2D eigenvalue weighted by atomic mass is 16.5. The lowest BCUT2D eigenvalue weighted by Crippen LogP contribution is -2.45. The molecule has 1 N–H and O–H groups in total. The van der Waals surface area contributed by atoms with Crippen LogP contribution in [0.15, 0.2) is 0 Å². The molecule has 0 aromatic carbocycles. The van der Waals surface area contributed by atoms with Crippen LogP contribution in [0.5, 0.6) is 0 Å². The molecule has 3 rings (SSSR count). The Balaban J connectivity index is 2.19. The third-order valence-electron chi connectivity index (χ3n) is 3.09. The number of ether oxygens (including phenoxy) is 1. The van der Waals surface area contributed by atoms with Crippen LogP contribution >= 0.6 is 0 Å². The van der Waals surface area contributed by atoms with Gasteiger partial charge in [-0.05, 0) is 26.7 Å². The van der Waals surface area contributed by atoms with Gasteiger partial charge in [0.15, 0.2) is 0 Å². The Morgan fingerprint density at radius 2 is 2.20 bits per heavy atom. The summed E-state index contributed by atoms with van der Waals surface area (Å²) in [7, 11) is 0. The minimum absolute atomic E-state index is 0.113. The zero-order valence-corrected chi connectivity index (χ0v) is 6.55. The van der Waals surface area contributed by atoms with Gasteiger partial charge in [-0.15, -0.1) is 0 Å². The predicted molar refractivity (Wildman–Crippen MR) is 37.7 cm³/mol. The van der Waals surface area contributed by atoms with Gasteiger partial charge in [-0.3, -0.25) is 0 Å². The molecular formula is C8H14O2. The van der Waals surface area contributed by atoms with E-state index in [1.54, 1.807) is 0 Å². The molecule has 1 aliphatic carbocycles. The van der Waals surface area contributed by atoms with E-state index < -0.39 is 0 Å². The van der Waals surface area contributed by atoms with Crippen LogP contribution in [0.2, 0.25) is 0 Å². The molecule has 58 valence electrons. The molecule has 1 unspecified atom stereocenters. The minimum atomic E-state index is 0.113. The molecule has 0 spiro atoms. The van der Waals surface area contributed by atoms with Gasteiger partial charge in [-0.2, -0.15) is 0 Å². The highest BCUT2D eigenvalue weighted by Gasteiger charge is 2.63. The van der Waals surface area contributed by atoms with Crippen LogP contribution in [0.1, 0.15) is 26.7 Å². The van der Waals surface area contributed by atoms with Crippen LogP contribution in [-0.2, 0) is 4.74 Å². The van der Waals surface area contributed by atoms with E-state index in [4.69, 9.17) is 9.84 Å². The molecular weight excluding hydrogens is 128 g/mol. The Bertz CT molecular complexity index is 159. The summed E-state index contributed by atoms with van der Waals surface area (Å²) < 4.78 is 5.66. The Kier molecular flexibility index (Phi) is 1.03. The van der Waals surface area contributed by atoms with Crippen molar-refractivity contribution in [3.8, 4) is 0 Å². The average molecular weight is 142 g/mol. The van der Waals surface area contributed by atoms with Gasteiger partial charge in [-0.25, -0.2) is 0 Å². The molecule has 0 aromatic rings. The topological polar surface area (TPSA) is 29.5 Å². The maximum Gasteiger partial charge on any atom is 0.0672 e. The number of aliphatic hydroxyl groups is 1. The Labute approximate surface area is 61.2 Å². The van der Waals surface area contributed by atoms with Gasteiger partial charge in [-0.1, -0.05) is 0 Å². The van der Waals surface area contributed by atoms with Gasteiger partial charge in [0.05, 0.1) is 18.3 Å². The van der Waals surface area contributed by atoms with E-state index in [1.165, 1.54) is 0 Å². The van der Waals surface area contributed by atoms with Crippen LogP contribution in [0.3, 0.4) is 0 Å². The molecule has 3 aliphatic rings. The van der Waals surface area contributed by atoms with Crippen molar-refractivity contribution < 1.29 is 9.84 Å². The molecule has 3 fully saturated rings. The van der Waals surface area contributed by atoms with Crippen molar-refractivity contribution in [2.24, 2.45) is 5.41 Å². The second-order valence-electron chi connectivity index (χ2n) is 4.08. The maximum atomic E-state index is 9.07. The van der Waals surface area contributed by atoms with E-state index in [9.17, 15) is 0 Å². The van der Waals surface area contributed by atoms with Crippen LogP contribution in [0.25, 0.3) is 0 Å². The fourth-order valence-electron chi connectivity index (χ4n) is 2.60. The third kappa shape index (κ3) is 0.565. The molecule has 0 aromatic heterocycles. The van der Waals surface area contributed by atoms with Crippen molar-refractivity contribution in [2.45, 2.75) is 38.4 Å². The fourth-order valence-corrected chi connectivity index (χ4v) is 2.60. The first-order chi connectivity index (χ1) is 4.60. The second-order valence-corrected chi connectivity index (χ2v) is 4.08. The molecule has 1 atom stereocenters. The number of aliphatic hydroxyl groups excluding tert-OH is 1. The zero-order valence-electron chi connectivity index (χ0n) is 6.55. The Morgan fingerprint density at radius 1 is 1.60 bits per heavy atom. The lowest BCUT2D eigenvalue weighted by atomic mass is 9.61. The zero-order chi connectivity index (χ0) is 7.41. The normalized spacial score (nSPS) is 58.5. The molecule has 1 saturated carbocycles. The average Bonchev–Trinajstić information content (AvgIpc) is 2.15. The van der Waals surface area contributed by atoms with E-state index in [1.807, 2.05) is 0 Å². The van der Waals surface area contributed by atoms with E-state index in [0.717, 1.165) is 12.8 Å². The SMILES string of the molecule is CC1OC2(C)CC1(CO)C2. The quantitative estimate of drug-likeness (QED) is 0.590. The summed E-state index contributed by atoms with van der Waals surface area (Å²) in [4.78, 5) is 0. The Hall–Kier alpha value is -0.0800. The molecule has 0 radical (unpaired) electrons. The van der Waals surface area contributed by atoms with Gasteiger partial charge >= 0.3 is 0 Å². The van der Waals surface area contributed by atoms with Crippen LogP contribution in [-0.4, -0.2) is 23.4 Å². The van der Waals surface area contributed by atoms with Crippen molar-refractivity contribution in [3.63, 3.8) is 0 Å². The first-order valence-corrected chi connectivity index (χ1v) is 3.89. The van der Waals surface area contributed by atoms with Crippen molar-refractivity contribution in [3.05, 3.63) is 0 Å². The number of fused-ring (bicyclic) bond motifs is 1. The Morgan fingerprint density at radius 3 is 2.40 bits per heavy atom. The summed E-state index contributed by atoms with van der Waals surface area (Å²) in [5.74, 6) is 0. The molecule has 0 amide bonds. The van der Waals surface area contributed by atoms with E-state index in [-0.39, 0.29) is 17.1 Å². The monoisotopic (exact) mass is 142 g/mol. The first kappa shape index (κ1) is 6.62. The summed E-state index contributed by atoms with van der Waals surface area (Å²) in [5, 5.41) is 9.07. The van der Waals surface area contributed by atoms with Gasteiger partial charge in [0, 0.05) is 5.41 Å². The molecule has 2 heterocycles.